The van der Waals surface area contributed by atoms with Crippen molar-refractivity contribution in [2.45, 2.75) is 17.6 Å². The van der Waals surface area contributed by atoms with Gasteiger partial charge in [0.2, 0.25) is 5.91 Å². The second-order valence-corrected chi connectivity index (χ2v) is 6.65. The van der Waals surface area contributed by atoms with E-state index in [0.29, 0.717) is 18.2 Å². The van der Waals surface area contributed by atoms with Crippen molar-refractivity contribution in [2.24, 2.45) is 0 Å². The van der Waals surface area contributed by atoms with Crippen LogP contribution in [0.3, 0.4) is 0 Å². The molecule has 3 aromatic rings. The van der Waals surface area contributed by atoms with Crippen LogP contribution in [-0.4, -0.2) is 65.5 Å². The number of carbonyl (C=O) groups is 1. The lowest BCUT2D eigenvalue weighted by Gasteiger charge is -2.17. The third-order valence-electron chi connectivity index (χ3n) is 3.96. The van der Waals surface area contributed by atoms with Crippen molar-refractivity contribution in [1.29, 1.82) is 0 Å². The number of nitrogens with zero attached hydrogens (tertiary/aromatic N) is 5. The maximum Gasteiger partial charge on any atom is 0.341 e. The molecule has 0 aromatic carbocycles. The van der Waals surface area contributed by atoms with Gasteiger partial charge < -0.3 is 10.2 Å². The third-order valence-corrected chi connectivity index (χ3v) is 4.82. The fourth-order valence-corrected chi connectivity index (χ4v) is 3.47. The number of H-pyrrole nitrogens is 2. The Bertz CT molecular complexity index is 947. The summed E-state index contributed by atoms with van der Waals surface area (Å²) < 4.78 is 1.71. The van der Waals surface area contributed by atoms with Gasteiger partial charge in [0.05, 0.1) is 5.75 Å². The highest BCUT2D eigenvalue weighted by atomic mass is 32.2. The number of amides is 1. The quantitative estimate of drug-likeness (QED) is 0.545. The molecule has 0 unspecified atom stereocenters. The number of imidazole rings is 1. The highest BCUT2D eigenvalue weighted by molar-refractivity contribution is 7.99. The summed E-state index contributed by atoms with van der Waals surface area (Å²) in [6, 6.07) is 3.94. The summed E-state index contributed by atoms with van der Waals surface area (Å²) in [6.45, 7) is 1.32. The average molecular weight is 360 g/mol. The van der Waals surface area contributed by atoms with Gasteiger partial charge in [-0.25, -0.2) is 19.4 Å². The van der Waals surface area contributed by atoms with Crippen LogP contribution in [0.4, 0.5) is 5.82 Å². The minimum atomic E-state index is -0.372. The van der Waals surface area contributed by atoms with Crippen molar-refractivity contribution in [3.63, 3.8) is 0 Å². The van der Waals surface area contributed by atoms with E-state index in [0.717, 1.165) is 17.9 Å². The minimum absolute atomic E-state index is 0.0242. The molecule has 0 aliphatic carbocycles. The van der Waals surface area contributed by atoms with E-state index in [1.807, 2.05) is 17.0 Å². The number of likely N-dealkylation sites (tertiary alicyclic amines) is 1. The van der Waals surface area contributed by atoms with Crippen molar-refractivity contribution in [3.8, 4) is 0 Å². The number of aromatic amines is 2. The summed E-state index contributed by atoms with van der Waals surface area (Å²) in [5, 5.41) is 14.3. The molecule has 0 spiro atoms. The topological polar surface area (TPSA) is 124 Å². The van der Waals surface area contributed by atoms with Gasteiger partial charge in [0.1, 0.15) is 5.82 Å². The number of thioether (sulfide) groups is 1. The maximum atomic E-state index is 12.3. The zero-order valence-corrected chi connectivity index (χ0v) is 14.0. The fraction of sp³-hybridized carbons (Fsp3) is 0.357. The zero-order chi connectivity index (χ0) is 17.2. The van der Waals surface area contributed by atoms with E-state index < -0.39 is 0 Å². The number of rotatable bonds is 5. The minimum Gasteiger partial charge on any atom is -0.364 e. The first-order chi connectivity index (χ1) is 12.2. The molecule has 1 saturated heterocycles. The van der Waals surface area contributed by atoms with Gasteiger partial charge in [-0.05, 0) is 18.6 Å². The number of aromatic nitrogens is 6. The summed E-state index contributed by atoms with van der Waals surface area (Å²) in [5.74, 6) is 1.02. The molecule has 3 N–H and O–H groups in total. The predicted molar refractivity (Wildman–Crippen MR) is 91.5 cm³/mol. The second kappa shape index (κ2) is 6.59. The Morgan fingerprint density at radius 2 is 2.36 bits per heavy atom. The van der Waals surface area contributed by atoms with Crippen LogP contribution in [0.5, 0.6) is 0 Å². The standard InChI is InChI=1S/C14H16N8O2S/c23-12(8-25-14-17-13(24)18-19-14)21-5-3-9(7-21)16-10-1-2-11-15-4-6-22(11)20-10/h1-2,4,6,9H,3,5,7-8H2,(H,16,20)(H2,17,18,19,24)/t9-/m1/s1. The van der Waals surface area contributed by atoms with Crippen molar-refractivity contribution in [1.82, 2.24) is 34.7 Å². The molecule has 10 nitrogen and oxygen atoms in total. The van der Waals surface area contributed by atoms with E-state index in [4.69, 9.17) is 0 Å². The van der Waals surface area contributed by atoms with E-state index in [-0.39, 0.29) is 23.4 Å². The third kappa shape index (κ3) is 3.50. The molecule has 25 heavy (non-hydrogen) atoms. The van der Waals surface area contributed by atoms with Crippen LogP contribution < -0.4 is 11.0 Å². The van der Waals surface area contributed by atoms with Gasteiger partial charge in [-0.1, -0.05) is 11.8 Å². The molecule has 1 amide bonds. The van der Waals surface area contributed by atoms with Crippen molar-refractivity contribution < 1.29 is 4.79 Å². The van der Waals surface area contributed by atoms with Gasteiger partial charge in [0.15, 0.2) is 10.8 Å². The van der Waals surface area contributed by atoms with Gasteiger partial charge >= 0.3 is 5.69 Å². The molecule has 1 aliphatic rings. The summed E-state index contributed by atoms with van der Waals surface area (Å²) in [6.07, 6.45) is 4.35. The van der Waals surface area contributed by atoms with Gasteiger partial charge in [-0.15, -0.1) is 10.2 Å². The second-order valence-electron chi connectivity index (χ2n) is 5.69. The number of carbonyl (C=O) groups excluding carboxylic acids is 1. The Kier molecular flexibility index (Phi) is 4.14. The smallest absolute Gasteiger partial charge is 0.341 e. The predicted octanol–water partition coefficient (Wildman–Crippen LogP) is -0.0542. The number of hydrogen-bond donors (Lipinski definition) is 3. The molecular formula is C14H16N8O2S. The van der Waals surface area contributed by atoms with Crippen LogP contribution in [0.2, 0.25) is 0 Å². The van der Waals surface area contributed by atoms with Crippen LogP contribution in [-0.2, 0) is 4.79 Å². The van der Waals surface area contributed by atoms with Crippen LogP contribution in [0.1, 0.15) is 6.42 Å². The van der Waals surface area contributed by atoms with Crippen LogP contribution in [0.25, 0.3) is 5.65 Å². The van der Waals surface area contributed by atoms with Crippen molar-refractivity contribution >= 4 is 29.1 Å². The van der Waals surface area contributed by atoms with Gasteiger partial charge in [-0.3, -0.25) is 9.78 Å². The fourth-order valence-electron chi connectivity index (χ4n) is 2.75. The first-order valence-electron chi connectivity index (χ1n) is 7.79. The van der Waals surface area contributed by atoms with E-state index in [2.05, 4.69) is 30.6 Å². The molecule has 1 aliphatic heterocycles. The van der Waals surface area contributed by atoms with Crippen LogP contribution in [0, 0.1) is 0 Å². The molecule has 11 heteroatoms. The number of fused-ring (bicyclic) bond motifs is 1. The first kappa shape index (κ1) is 15.7. The number of hydrogen-bond acceptors (Lipinski definition) is 7. The summed E-state index contributed by atoms with van der Waals surface area (Å²) >= 11 is 1.21. The van der Waals surface area contributed by atoms with Crippen LogP contribution >= 0.6 is 11.8 Å². The summed E-state index contributed by atoms with van der Waals surface area (Å²) in [7, 11) is 0. The normalized spacial score (nSPS) is 17.3. The maximum absolute atomic E-state index is 12.3. The zero-order valence-electron chi connectivity index (χ0n) is 13.2. The van der Waals surface area contributed by atoms with E-state index in [9.17, 15) is 9.59 Å². The van der Waals surface area contributed by atoms with E-state index in [1.54, 1.807) is 16.9 Å². The molecule has 4 heterocycles. The van der Waals surface area contributed by atoms with E-state index in [1.165, 1.54) is 11.8 Å². The average Bonchev–Trinajstić information content (AvgIpc) is 3.33. The van der Waals surface area contributed by atoms with Gasteiger partial charge in [-0.2, -0.15) is 0 Å². The molecule has 130 valence electrons. The SMILES string of the molecule is O=C(CSc1n[nH]c(=O)[nH]1)N1CC[C@@H](Nc2ccc3nccn3n2)C1. The Labute approximate surface area is 146 Å². The summed E-state index contributed by atoms with van der Waals surface area (Å²) in [4.78, 5) is 31.7. The Morgan fingerprint density at radius 3 is 3.20 bits per heavy atom. The number of nitrogens with one attached hydrogen (secondary N) is 3. The van der Waals surface area contributed by atoms with Crippen LogP contribution in [0.15, 0.2) is 34.5 Å². The van der Waals surface area contributed by atoms with Gasteiger partial charge in [0.25, 0.3) is 0 Å². The van der Waals surface area contributed by atoms with Crippen molar-refractivity contribution in [3.05, 3.63) is 35.0 Å². The molecule has 4 rings (SSSR count). The van der Waals surface area contributed by atoms with Crippen molar-refractivity contribution in [2.75, 3.05) is 24.2 Å². The Hall–Kier alpha value is -2.82. The molecular weight excluding hydrogens is 344 g/mol. The molecule has 0 bridgehead atoms. The molecule has 1 fully saturated rings. The van der Waals surface area contributed by atoms with Gasteiger partial charge in [0, 0.05) is 31.5 Å². The highest BCUT2D eigenvalue weighted by Gasteiger charge is 2.26. The monoisotopic (exact) mass is 360 g/mol. The Balaban J connectivity index is 1.31. The largest absolute Gasteiger partial charge is 0.364 e. The first-order valence-corrected chi connectivity index (χ1v) is 8.78. The lowest BCUT2D eigenvalue weighted by molar-refractivity contribution is -0.127. The Morgan fingerprint density at radius 1 is 1.44 bits per heavy atom. The number of anilines is 1. The molecule has 3 aromatic heterocycles. The van der Waals surface area contributed by atoms with E-state index >= 15 is 0 Å². The molecule has 1 atom stereocenters. The molecule has 0 saturated carbocycles. The summed E-state index contributed by atoms with van der Waals surface area (Å²) in [5.41, 5.74) is 0.421. The lowest BCUT2D eigenvalue weighted by atomic mass is 10.2. The molecule has 0 radical (unpaired) electrons. The highest BCUT2D eigenvalue weighted by Crippen LogP contribution is 2.17. The lowest BCUT2D eigenvalue weighted by Crippen LogP contribution is -2.33.